The molecule has 0 saturated heterocycles. The molecule has 0 heterocycles. The monoisotopic (exact) mass is 508 g/mol. The second-order valence-corrected chi connectivity index (χ2v) is 6.88. The van der Waals surface area contributed by atoms with Crippen molar-refractivity contribution in [1.29, 1.82) is 0 Å². The van der Waals surface area contributed by atoms with Crippen LogP contribution in [-0.2, 0) is 4.79 Å². The third kappa shape index (κ3) is 8.85. The molecule has 158 valence electrons. The van der Waals surface area contributed by atoms with Gasteiger partial charge in [0.2, 0.25) is 5.91 Å². The fraction of sp³-hybridized carbons (Fsp3) is 0.391. The molecular formula is C23H33IN4O. The van der Waals surface area contributed by atoms with Crippen LogP contribution in [0.25, 0.3) is 0 Å². The summed E-state index contributed by atoms with van der Waals surface area (Å²) in [5.41, 5.74) is 2.51. The van der Waals surface area contributed by atoms with E-state index in [0.29, 0.717) is 25.5 Å². The number of hydrogen-bond donors (Lipinski definition) is 3. The molecule has 0 spiro atoms. The number of nitrogens with one attached hydrogen (secondary N) is 3. The van der Waals surface area contributed by atoms with Crippen LogP contribution in [0.1, 0.15) is 43.7 Å². The largest absolute Gasteiger partial charge is 0.356 e. The molecule has 1 amide bonds. The van der Waals surface area contributed by atoms with Crippen LogP contribution >= 0.6 is 24.0 Å². The Morgan fingerprint density at radius 1 is 0.966 bits per heavy atom. The van der Waals surface area contributed by atoms with Gasteiger partial charge in [-0.3, -0.25) is 9.79 Å². The maximum atomic E-state index is 11.9. The van der Waals surface area contributed by atoms with E-state index in [9.17, 15) is 4.79 Å². The number of aliphatic imine (C=N–C) groups is 1. The van der Waals surface area contributed by atoms with Crippen molar-refractivity contribution < 1.29 is 4.79 Å². The van der Waals surface area contributed by atoms with Crippen molar-refractivity contribution >= 4 is 35.8 Å². The Labute approximate surface area is 191 Å². The molecule has 2 aromatic carbocycles. The van der Waals surface area contributed by atoms with E-state index in [2.05, 4.69) is 76.4 Å². The summed E-state index contributed by atoms with van der Waals surface area (Å²) in [7, 11) is 1.74. The summed E-state index contributed by atoms with van der Waals surface area (Å²) in [6, 6.07) is 21.1. The number of benzene rings is 2. The van der Waals surface area contributed by atoms with Crippen molar-refractivity contribution in [2.24, 2.45) is 4.99 Å². The fourth-order valence-electron chi connectivity index (χ4n) is 2.96. The summed E-state index contributed by atoms with van der Waals surface area (Å²) >= 11 is 0. The zero-order valence-electron chi connectivity index (χ0n) is 17.5. The van der Waals surface area contributed by atoms with Crippen LogP contribution in [0.5, 0.6) is 0 Å². The number of carbonyl (C=O) groups excluding carboxylic acids is 1. The summed E-state index contributed by atoms with van der Waals surface area (Å²) in [5, 5.41) is 9.60. The zero-order valence-corrected chi connectivity index (χ0v) is 19.9. The highest BCUT2D eigenvalue weighted by Crippen LogP contribution is 2.23. The molecule has 0 aromatic heterocycles. The van der Waals surface area contributed by atoms with Crippen LogP contribution in [0.3, 0.4) is 0 Å². The number of carbonyl (C=O) groups is 1. The van der Waals surface area contributed by atoms with Gasteiger partial charge in [-0.2, -0.15) is 0 Å². The molecule has 0 radical (unpaired) electrons. The van der Waals surface area contributed by atoms with E-state index in [1.165, 1.54) is 11.1 Å². The number of nitrogens with zero attached hydrogens (tertiary/aromatic N) is 1. The number of amides is 1. The molecule has 2 rings (SSSR count). The maximum absolute atomic E-state index is 11.9. The van der Waals surface area contributed by atoms with Crippen molar-refractivity contribution in [3.8, 4) is 0 Å². The average molecular weight is 508 g/mol. The second-order valence-electron chi connectivity index (χ2n) is 6.88. The van der Waals surface area contributed by atoms with Crippen LogP contribution in [0.4, 0.5) is 0 Å². The molecule has 1 unspecified atom stereocenters. The third-order valence-electron chi connectivity index (χ3n) is 4.77. The number of rotatable bonds is 9. The lowest BCUT2D eigenvalue weighted by Crippen LogP contribution is -2.41. The van der Waals surface area contributed by atoms with E-state index in [-0.39, 0.29) is 41.8 Å². The van der Waals surface area contributed by atoms with Crippen molar-refractivity contribution in [2.45, 2.75) is 38.6 Å². The van der Waals surface area contributed by atoms with Gasteiger partial charge >= 0.3 is 0 Å². The lowest BCUT2D eigenvalue weighted by molar-refractivity contribution is -0.121. The Hall–Kier alpha value is -2.09. The molecular weight excluding hydrogens is 475 g/mol. The molecule has 0 bridgehead atoms. The average Bonchev–Trinajstić information content (AvgIpc) is 2.74. The number of guanidine groups is 1. The predicted molar refractivity (Wildman–Crippen MR) is 132 cm³/mol. The molecule has 0 fully saturated rings. The Balaban J connectivity index is 0.00000420. The van der Waals surface area contributed by atoms with E-state index in [4.69, 9.17) is 0 Å². The molecule has 0 saturated carbocycles. The summed E-state index contributed by atoms with van der Waals surface area (Å²) in [4.78, 5) is 16.2. The first-order valence-electron chi connectivity index (χ1n) is 9.97. The minimum atomic E-state index is 0. The van der Waals surface area contributed by atoms with Crippen molar-refractivity contribution in [1.82, 2.24) is 16.0 Å². The molecule has 29 heavy (non-hydrogen) atoms. The van der Waals surface area contributed by atoms with Crippen LogP contribution in [0, 0.1) is 0 Å². The van der Waals surface area contributed by atoms with Crippen molar-refractivity contribution in [3.05, 3.63) is 71.8 Å². The highest BCUT2D eigenvalue weighted by molar-refractivity contribution is 14.0. The van der Waals surface area contributed by atoms with Gasteiger partial charge in [0.05, 0.1) is 0 Å². The summed E-state index contributed by atoms with van der Waals surface area (Å²) in [5.74, 6) is 0.978. The lowest BCUT2D eigenvalue weighted by atomic mass is 9.91. The predicted octanol–water partition coefficient (Wildman–Crippen LogP) is 3.91. The zero-order chi connectivity index (χ0) is 20.2. The minimum Gasteiger partial charge on any atom is -0.356 e. The Morgan fingerprint density at radius 2 is 1.52 bits per heavy atom. The van der Waals surface area contributed by atoms with Gasteiger partial charge in [0.1, 0.15) is 0 Å². The smallest absolute Gasteiger partial charge is 0.221 e. The molecule has 0 aliphatic carbocycles. The van der Waals surface area contributed by atoms with Gasteiger partial charge in [-0.15, -0.1) is 24.0 Å². The summed E-state index contributed by atoms with van der Waals surface area (Å²) in [6.45, 7) is 5.33. The molecule has 2 aromatic rings. The number of hydrogen-bond acceptors (Lipinski definition) is 2. The molecule has 1 atom stereocenters. The Bertz CT molecular complexity index is 698. The molecule has 0 aliphatic rings. The summed E-state index contributed by atoms with van der Waals surface area (Å²) < 4.78 is 0. The topological polar surface area (TPSA) is 65.5 Å². The highest BCUT2D eigenvalue weighted by atomic mass is 127. The van der Waals surface area contributed by atoms with Gasteiger partial charge in [0, 0.05) is 38.5 Å². The standard InChI is InChI=1S/C23H32N4O.HI/c1-4-18(2)27-22(28)15-16-25-23(24-3)26-17-21(19-11-7-5-8-12-19)20-13-9-6-10-14-20;/h5-14,18,21H,4,15-17H2,1-3H3,(H,27,28)(H2,24,25,26);1H. The van der Waals surface area contributed by atoms with E-state index in [1.54, 1.807) is 7.05 Å². The molecule has 0 aliphatic heterocycles. The number of halogens is 1. The van der Waals surface area contributed by atoms with Crippen LogP contribution < -0.4 is 16.0 Å². The minimum absolute atomic E-state index is 0. The first-order chi connectivity index (χ1) is 13.6. The van der Waals surface area contributed by atoms with Gasteiger partial charge in [-0.1, -0.05) is 67.6 Å². The summed E-state index contributed by atoms with van der Waals surface area (Å²) in [6.07, 6.45) is 1.36. The van der Waals surface area contributed by atoms with E-state index < -0.39 is 0 Å². The normalized spacial score (nSPS) is 12.1. The van der Waals surface area contributed by atoms with Crippen LogP contribution in [-0.4, -0.2) is 38.0 Å². The molecule has 6 heteroatoms. The second kappa shape index (κ2) is 14.0. The first-order valence-corrected chi connectivity index (χ1v) is 9.97. The van der Waals surface area contributed by atoms with Gasteiger partial charge in [-0.05, 0) is 24.5 Å². The first kappa shape index (κ1) is 24.9. The highest BCUT2D eigenvalue weighted by Gasteiger charge is 2.14. The van der Waals surface area contributed by atoms with Gasteiger partial charge < -0.3 is 16.0 Å². The Morgan fingerprint density at radius 3 is 2.00 bits per heavy atom. The van der Waals surface area contributed by atoms with Gasteiger partial charge in [0.15, 0.2) is 5.96 Å². The fourth-order valence-corrected chi connectivity index (χ4v) is 2.96. The molecule has 3 N–H and O–H groups in total. The Kier molecular flexibility index (Phi) is 12.0. The third-order valence-corrected chi connectivity index (χ3v) is 4.77. The quantitative estimate of drug-likeness (QED) is 0.274. The maximum Gasteiger partial charge on any atom is 0.221 e. The van der Waals surface area contributed by atoms with E-state index in [1.807, 2.05) is 19.1 Å². The van der Waals surface area contributed by atoms with Crippen molar-refractivity contribution in [3.63, 3.8) is 0 Å². The van der Waals surface area contributed by atoms with Gasteiger partial charge in [-0.25, -0.2) is 0 Å². The van der Waals surface area contributed by atoms with Crippen LogP contribution in [0.15, 0.2) is 65.7 Å². The van der Waals surface area contributed by atoms with Gasteiger partial charge in [0.25, 0.3) is 0 Å². The molecule has 5 nitrogen and oxygen atoms in total. The van der Waals surface area contributed by atoms with Crippen molar-refractivity contribution in [2.75, 3.05) is 20.1 Å². The SMILES string of the molecule is CCC(C)NC(=O)CCNC(=NC)NCC(c1ccccc1)c1ccccc1.I. The lowest BCUT2D eigenvalue weighted by Gasteiger charge is -2.20. The van der Waals surface area contributed by atoms with Crippen LogP contribution in [0.2, 0.25) is 0 Å². The van der Waals surface area contributed by atoms with E-state index in [0.717, 1.165) is 6.42 Å². The van der Waals surface area contributed by atoms with E-state index >= 15 is 0 Å².